The van der Waals surface area contributed by atoms with Crippen molar-refractivity contribution in [1.82, 2.24) is 25.4 Å². The highest BCUT2D eigenvalue weighted by Gasteiger charge is 2.26. The summed E-state index contributed by atoms with van der Waals surface area (Å²) in [5.74, 6) is 0.941. The second-order valence-electron chi connectivity index (χ2n) is 3.65. The van der Waals surface area contributed by atoms with Gasteiger partial charge < -0.3 is 4.98 Å². The molecule has 2 aromatic rings. The number of H-pyrrole nitrogens is 2. The zero-order valence-electron chi connectivity index (χ0n) is 7.90. The first kappa shape index (κ1) is 8.34. The van der Waals surface area contributed by atoms with Crippen LogP contribution in [0, 0.1) is 0 Å². The Morgan fingerprint density at radius 3 is 2.93 bits per heavy atom. The molecule has 0 bridgehead atoms. The summed E-state index contributed by atoms with van der Waals surface area (Å²) in [6.07, 6.45) is 3.78. The molecule has 0 amide bonds. The average Bonchev–Trinajstić information content (AvgIpc) is 2.93. The Kier molecular flexibility index (Phi) is 1.67. The predicted octanol–water partition coefficient (Wildman–Crippen LogP) is 0.432. The lowest BCUT2D eigenvalue weighted by Gasteiger charge is -1.99. The van der Waals surface area contributed by atoms with E-state index in [4.69, 9.17) is 0 Å². The van der Waals surface area contributed by atoms with Gasteiger partial charge in [0, 0.05) is 12.0 Å². The van der Waals surface area contributed by atoms with Gasteiger partial charge in [-0.25, -0.2) is 4.98 Å². The second-order valence-corrected chi connectivity index (χ2v) is 3.65. The Morgan fingerprint density at radius 1 is 1.40 bits per heavy atom. The lowest BCUT2D eigenvalue weighted by atomic mass is 10.3. The third kappa shape index (κ3) is 1.54. The van der Waals surface area contributed by atoms with Crippen molar-refractivity contribution in [2.75, 3.05) is 0 Å². The second kappa shape index (κ2) is 3.01. The summed E-state index contributed by atoms with van der Waals surface area (Å²) in [6.45, 7) is 0. The standard InChI is InChI=1S/C9H9N5O/c15-8-3-6(5-1-2-5)11-9(12-8)7-4-10-14-13-7/h3-5H,1-2H2,(H,10,13,14)(H,11,12,15). The molecular weight excluding hydrogens is 194 g/mol. The SMILES string of the molecule is O=c1cc(C2CC2)nc(-c2cn[nH]n2)[nH]1. The van der Waals surface area contributed by atoms with E-state index in [2.05, 4.69) is 25.4 Å². The normalized spacial score (nSPS) is 15.5. The third-order valence-corrected chi connectivity index (χ3v) is 2.41. The van der Waals surface area contributed by atoms with Crippen LogP contribution in [-0.4, -0.2) is 25.4 Å². The molecule has 1 fully saturated rings. The van der Waals surface area contributed by atoms with Gasteiger partial charge in [-0.2, -0.15) is 15.4 Å². The lowest BCUT2D eigenvalue weighted by molar-refractivity contribution is 0.929. The molecule has 2 N–H and O–H groups in total. The van der Waals surface area contributed by atoms with Crippen molar-refractivity contribution in [3.8, 4) is 11.5 Å². The molecule has 15 heavy (non-hydrogen) atoms. The molecule has 0 saturated heterocycles. The monoisotopic (exact) mass is 203 g/mol. The van der Waals surface area contributed by atoms with Gasteiger partial charge in [0.1, 0.15) is 5.69 Å². The number of hydrogen-bond donors (Lipinski definition) is 2. The molecule has 0 spiro atoms. The molecule has 3 rings (SSSR count). The topological polar surface area (TPSA) is 87.3 Å². The minimum Gasteiger partial charge on any atom is -0.305 e. The molecule has 1 saturated carbocycles. The van der Waals surface area contributed by atoms with Crippen LogP contribution in [0.4, 0.5) is 0 Å². The zero-order valence-corrected chi connectivity index (χ0v) is 7.90. The highest BCUT2D eigenvalue weighted by Crippen LogP contribution is 2.38. The Morgan fingerprint density at radius 2 is 2.27 bits per heavy atom. The summed E-state index contributed by atoms with van der Waals surface area (Å²) in [5, 5.41) is 10.0. The van der Waals surface area contributed by atoms with E-state index in [0.29, 0.717) is 17.4 Å². The summed E-state index contributed by atoms with van der Waals surface area (Å²) >= 11 is 0. The van der Waals surface area contributed by atoms with E-state index in [1.54, 1.807) is 6.07 Å². The Bertz CT molecular complexity index is 526. The molecule has 0 unspecified atom stereocenters. The van der Waals surface area contributed by atoms with Crippen molar-refractivity contribution in [2.45, 2.75) is 18.8 Å². The van der Waals surface area contributed by atoms with Crippen molar-refractivity contribution in [2.24, 2.45) is 0 Å². The van der Waals surface area contributed by atoms with Gasteiger partial charge in [-0.3, -0.25) is 4.79 Å². The average molecular weight is 203 g/mol. The quantitative estimate of drug-likeness (QED) is 0.741. The maximum atomic E-state index is 11.4. The van der Waals surface area contributed by atoms with Crippen molar-refractivity contribution >= 4 is 0 Å². The van der Waals surface area contributed by atoms with Crippen LogP contribution in [0.2, 0.25) is 0 Å². The Balaban J connectivity index is 2.11. The van der Waals surface area contributed by atoms with Crippen molar-refractivity contribution in [1.29, 1.82) is 0 Å². The highest BCUT2D eigenvalue weighted by atomic mass is 16.1. The molecule has 2 aromatic heterocycles. The van der Waals surface area contributed by atoms with Crippen LogP contribution < -0.4 is 5.56 Å². The Hall–Kier alpha value is -1.98. The molecule has 0 radical (unpaired) electrons. The predicted molar refractivity (Wildman–Crippen MR) is 52.2 cm³/mol. The van der Waals surface area contributed by atoms with Gasteiger partial charge in [0.15, 0.2) is 5.82 Å². The number of nitrogens with one attached hydrogen (secondary N) is 2. The summed E-state index contributed by atoms with van der Waals surface area (Å²) < 4.78 is 0. The molecule has 6 nitrogen and oxygen atoms in total. The Labute approximate surface area is 84.8 Å². The van der Waals surface area contributed by atoms with E-state index >= 15 is 0 Å². The van der Waals surface area contributed by atoms with Gasteiger partial charge in [-0.15, -0.1) is 0 Å². The summed E-state index contributed by atoms with van der Waals surface area (Å²) in [7, 11) is 0. The third-order valence-electron chi connectivity index (χ3n) is 2.41. The van der Waals surface area contributed by atoms with Crippen LogP contribution in [0.1, 0.15) is 24.5 Å². The maximum absolute atomic E-state index is 11.4. The molecular formula is C9H9N5O. The number of aromatic amines is 2. The molecule has 76 valence electrons. The lowest BCUT2D eigenvalue weighted by Crippen LogP contribution is -2.10. The van der Waals surface area contributed by atoms with Crippen molar-refractivity contribution < 1.29 is 0 Å². The van der Waals surface area contributed by atoms with E-state index < -0.39 is 0 Å². The first-order chi connectivity index (χ1) is 7.33. The van der Waals surface area contributed by atoms with E-state index in [1.165, 1.54) is 6.20 Å². The van der Waals surface area contributed by atoms with Gasteiger partial charge in [0.25, 0.3) is 5.56 Å². The van der Waals surface area contributed by atoms with Crippen molar-refractivity contribution in [3.63, 3.8) is 0 Å². The van der Waals surface area contributed by atoms with Crippen LogP contribution in [-0.2, 0) is 0 Å². The van der Waals surface area contributed by atoms with Crippen LogP contribution in [0.5, 0.6) is 0 Å². The smallest absolute Gasteiger partial charge is 0.251 e. The van der Waals surface area contributed by atoms with Gasteiger partial charge in [0.2, 0.25) is 0 Å². The number of nitrogens with zero attached hydrogens (tertiary/aromatic N) is 3. The van der Waals surface area contributed by atoms with Crippen LogP contribution in [0.25, 0.3) is 11.5 Å². The number of hydrogen-bond acceptors (Lipinski definition) is 4. The largest absolute Gasteiger partial charge is 0.305 e. The van der Waals surface area contributed by atoms with Gasteiger partial charge in [0.05, 0.1) is 11.9 Å². The molecule has 1 aliphatic rings. The van der Waals surface area contributed by atoms with Gasteiger partial charge in [-0.05, 0) is 12.8 Å². The number of aromatic nitrogens is 5. The van der Waals surface area contributed by atoms with Crippen molar-refractivity contribution in [3.05, 3.63) is 28.3 Å². The van der Waals surface area contributed by atoms with Crippen LogP contribution in [0.3, 0.4) is 0 Å². The minimum absolute atomic E-state index is 0.134. The fourth-order valence-corrected chi connectivity index (χ4v) is 1.50. The fourth-order valence-electron chi connectivity index (χ4n) is 1.50. The molecule has 0 atom stereocenters. The zero-order chi connectivity index (χ0) is 10.3. The molecule has 6 heteroatoms. The van der Waals surface area contributed by atoms with Crippen LogP contribution in [0.15, 0.2) is 17.1 Å². The fraction of sp³-hybridized carbons (Fsp3) is 0.333. The van der Waals surface area contributed by atoms with Crippen LogP contribution >= 0.6 is 0 Å². The van der Waals surface area contributed by atoms with Gasteiger partial charge in [-0.1, -0.05) is 0 Å². The van der Waals surface area contributed by atoms with E-state index in [9.17, 15) is 4.79 Å². The van der Waals surface area contributed by atoms with E-state index in [0.717, 1.165) is 18.5 Å². The highest BCUT2D eigenvalue weighted by molar-refractivity contribution is 5.46. The van der Waals surface area contributed by atoms with E-state index in [-0.39, 0.29) is 5.56 Å². The first-order valence-corrected chi connectivity index (χ1v) is 4.80. The van der Waals surface area contributed by atoms with E-state index in [1.807, 2.05) is 0 Å². The molecule has 2 heterocycles. The summed E-state index contributed by atoms with van der Waals surface area (Å²) in [6, 6.07) is 1.56. The van der Waals surface area contributed by atoms with Gasteiger partial charge >= 0.3 is 0 Å². The maximum Gasteiger partial charge on any atom is 0.251 e. The molecule has 1 aliphatic carbocycles. The molecule has 0 aromatic carbocycles. The summed E-state index contributed by atoms with van der Waals surface area (Å²) in [5.41, 5.74) is 1.29. The first-order valence-electron chi connectivity index (χ1n) is 4.80. The summed E-state index contributed by atoms with van der Waals surface area (Å²) in [4.78, 5) is 18.4. The minimum atomic E-state index is -0.134. The number of rotatable bonds is 2. The molecule has 0 aliphatic heterocycles.